The normalized spacial score (nSPS) is 45.8. The number of hydrogen-bond acceptors (Lipinski definition) is 5. The second kappa shape index (κ2) is 10.8. The molecule has 0 amide bonds. The fraction of sp³-hybridized carbons (Fsp3) is 1.00. The first-order valence-electron chi connectivity index (χ1n) is 13.7. The van der Waals surface area contributed by atoms with Gasteiger partial charge in [-0.2, -0.15) is 0 Å². The summed E-state index contributed by atoms with van der Waals surface area (Å²) in [4.78, 5) is 0. The van der Waals surface area contributed by atoms with Crippen LogP contribution in [0.4, 0.5) is 0 Å². The minimum atomic E-state index is 0.219. The molecule has 1 N–H and O–H groups in total. The quantitative estimate of drug-likeness (QED) is 0.422. The van der Waals surface area contributed by atoms with Gasteiger partial charge in [-0.1, -0.05) is 20.8 Å². The zero-order chi connectivity index (χ0) is 23.6. The third-order valence-electron chi connectivity index (χ3n) is 11.1. The first-order chi connectivity index (χ1) is 15.9. The van der Waals surface area contributed by atoms with Gasteiger partial charge in [-0.15, -0.1) is 0 Å². The van der Waals surface area contributed by atoms with Crippen molar-refractivity contribution in [3.8, 4) is 0 Å². The van der Waals surface area contributed by atoms with Gasteiger partial charge in [0.2, 0.25) is 0 Å². The van der Waals surface area contributed by atoms with Gasteiger partial charge < -0.3 is 24.1 Å². The summed E-state index contributed by atoms with van der Waals surface area (Å²) < 4.78 is 23.2. The van der Waals surface area contributed by atoms with E-state index < -0.39 is 0 Å². The largest absolute Gasteiger partial charge is 0.396 e. The summed E-state index contributed by atoms with van der Waals surface area (Å²) in [6.07, 6.45) is 12.9. The molecule has 0 radical (unpaired) electrons. The van der Waals surface area contributed by atoms with E-state index in [4.69, 9.17) is 18.9 Å². The summed E-state index contributed by atoms with van der Waals surface area (Å²) in [5, 5.41) is 9.42. The monoisotopic (exact) mass is 466 g/mol. The van der Waals surface area contributed by atoms with Crippen LogP contribution in [0.5, 0.6) is 0 Å². The Morgan fingerprint density at radius 3 is 2.39 bits per heavy atom. The lowest BCUT2D eigenvalue weighted by molar-refractivity contribution is -0.214. The van der Waals surface area contributed by atoms with Gasteiger partial charge in [-0.3, -0.25) is 0 Å². The van der Waals surface area contributed by atoms with Crippen molar-refractivity contribution in [1.29, 1.82) is 0 Å². The first-order valence-corrected chi connectivity index (χ1v) is 13.7. The Balaban J connectivity index is 1.56. The maximum absolute atomic E-state index is 9.42. The molecule has 192 valence electrons. The highest BCUT2D eigenvalue weighted by Gasteiger charge is 2.64. The molecule has 4 aliphatic carbocycles. The molecule has 0 heterocycles. The van der Waals surface area contributed by atoms with Gasteiger partial charge in [0.1, 0.15) is 13.6 Å². The zero-order valence-electron chi connectivity index (χ0n) is 21.9. The van der Waals surface area contributed by atoms with E-state index in [1.54, 1.807) is 14.2 Å². The average molecular weight is 467 g/mol. The Labute approximate surface area is 202 Å². The molecule has 0 spiro atoms. The summed E-state index contributed by atoms with van der Waals surface area (Å²) in [6.45, 7) is 8.71. The smallest absolute Gasteiger partial charge is 0.146 e. The Kier molecular flexibility index (Phi) is 8.49. The number of aliphatic hydroxyl groups is 1. The molecule has 0 aromatic heterocycles. The van der Waals surface area contributed by atoms with Gasteiger partial charge in [0.05, 0.1) is 12.2 Å². The summed E-state index contributed by atoms with van der Waals surface area (Å²) in [7, 11) is 3.47. The van der Waals surface area contributed by atoms with Crippen molar-refractivity contribution in [2.75, 3.05) is 34.4 Å². The number of methoxy groups -OCH3 is 2. The fourth-order valence-corrected chi connectivity index (χ4v) is 9.44. The van der Waals surface area contributed by atoms with Gasteiger partial charge >= 0.3 is 0 Å². The Morgan fingerprint density at radius 2 is 1.67 bits per heavy atom. The molecule has 33 heavy (non-hydrogen) atoms. The molecule has 10 atom stereocenters. The highest BCUT2D eigenvalue weighted by molar-refractivity contribution is 5.13. The summed E-state index contributed by atoms with van der Waals surface area (Å²) >= 11 is 0. The van der Waals surface area contributed by atoms with E-state index in [1.165, 1.54) is 44.9 Å². The first kappa shape index (κ1) is 25.9. The van der Waals surface area contributed by atoms with Crippen molar-refractivity contribution >= 4 is 0 Å². The van der Waals surface area contributed by atoms with Crippen LogP contribution in [0.2, 0.25) is 0 Å². The predicted molar refractivity (Wildman–Crippen MR) is 130 cm³/mol. The minimum Gasteiger partial charge on any atom is -0.396 e. The van der Waals surface area contributed by atoms with Crippen LogP contribution >= 0.6 is 0 Å². The molecule has 4 rings (SSSR count). The summed E-state index contributed by atoms with van der Waals surface area (Å²) in [5.41, 5.74) is 0.614. The van der Waals surface area contributed by atoms with Crippen molar-refractivity contribution in [3.63, 3.8) is 0 Å². The van der Waals surface area contributed by atoms with Crippen LogP contribution in [-0.4, -0.2) is 51.7 Å². The van der Waals surface area contributed by atoms with Gasteiger partial charge in [0.25, 0.3) is 0 Å². The molecule has 0 aliphatic heterocycles. The van der Waals surface area contributed by atoms with Crippen LogP contribution in [0.3, 0.4) is 0 Å². The predicted octanol–water partition coefficient (Wildman–Crippen LogP) is 5.64. The van der Waals surface area contributed by atoms with E-state index in [1.807, 2.05) is 0 Å². The van der Waals surface area contributed by atoms with Crippen molar-refractivity contribution in [2.45, 2.75) is 97.2 Å². The van der Waals surface area contributed by atoms with E-state index in [9.17, 15) is 5.11 Å². The van der Waals surface area contributed by atoms with Crippen LogP contribution in [0.15, 0.2) is 0 Å². The van der Waals surface area contributed by atoms with Gasteiger partial charge in [-0.25, -0.2) is 0 Å². The maximum Gasteiger partial charge on any atom is 0.146 e. The maximum atomic E-state index is 9.42. The fourth-order valence-electron chi connectivity index (χ4n) is 9.44. The standard InChI is InChI=1S/C28H50O5/c1-19(7-6-14-29)23-10-11-24-22-9-8-20-15-21(32-17-30-4)12-13-27(20,2)25(22)16-26(28(23,24)3)33-18-31-5/h19-26,29H,6-18H2,1-5H3/t19-,20-,21-,22+,23-,24+,25+,26+,27+,28-/m1/s1. The molecule has 4 fully saturated rings. The van der Waals surface area contributed by atoms with E-state index in [0.29, 0.717) is 43.5 Å². The molecule has 4 aliphatic rings. The number of aliphatic hydroxyl groups excluding tert-OH is 1. The lowest BCUT2D eigenvalue weighted by atomic mass is 9.43. The lowest BCUT2D eigenvalue weighted by Gasteiger charge is -2.63. The number of fused-ring (bicyclic) bond motifs is 5. The second-order valence-electron chi connectivity index (χ2n) is 12.3. The van der Waals surface area contributed by atoms with E-state index >= 15 is 0 Å². The van der Waals surface area contributed by atoms with Crippen molar-refractivity contribution in [1.82, 2.24) is 0 Å². The van der Waals surface area contributed by atoms with Crippen LogP contribution in [0.25, 0.3) is 0 Å². The molecular formula is C28H50O5. The van der Waals surface area contributed by atoms with Crippen LogP contribution in [0.1, 0.15) is 85.0 Å². The molecule has 0 bridgehead atoms. The minimum absolute atomic E-state index is 0.219. The van der Waals surface area contributed by atoms with Gasteiger partial charge in [0.15, 0.2) is 0 Å². The lowest BCUT2D eigenvalue weighted by Crippen LogP contribution is -2.59. The molecule has 0 aromatic carbocycles. The third kappa shape index (κ3) is 4.67. The highest BCUT2D eigenvalue weighted by atomic mass is 16.7. The van der Waals surface area contributed by atoms with Crippen LogP contribution in [-0.2, 0) is 18.9 Å². The second-order valence-corrected chi connectivity index (χ2v) is 12.3. The van der Waals surface area contributed by atoms with Crippen molar-refractivity contribution < 1.29 is 24.1 Å². The third-order valence-corrected chi connectivity index (χ3v) is 11.1. The molecule has 0 unspecified atom stereocenters. The zero-order valence-corrected chi connectivity index (χ0v) is 21.9. The SMILES string of the molecule is COCO[C@@H]1CC[C@@]2(C)[C@H](CC[C@@H]3[C@@H]2C[C@H](OCOC)[C@]2(C)[C@@H]([C@H](C)CCCO)CC[C@@H]32)C1. The average Bonchev–Trinajstić information content (AvgIpc) is 3.18. The Morgan fingerprint density at radius 1 is 0.909 bits per heavy atom. The summed E-state index contributed by atoms with van der Waals surface area (Å²) in [6, 6.07) is 0. The molecule has 5 nitrogen and oxygen atoms in total. The summed E-state index contributed by atoms with van der Waals surface area (Å²) in [5.74, 6) is 4.39. The molecular weight excluding hydrogens is 416 g/mol. The Bertz CT molecular complexity index is 627. The number of rotatable bonds is 10. The Hall–Kier alpha value is -0.200. The van der Waals surface area contributed by atoms with E-state index in [2.05, 4.69) is 20.8 Å². The number of ether oxygens (including phenoxy) is 4. The van der Waals surface area contributed by atoms with Gasteiger partial charge in [0, 0.05) is 26.2 Å². The van der Waals surface area contributed by atoms with Crippen LogP contribution < -0.4 is 0 Å². The van der Waals surface area contributed by atoms with Crippen molar-refractivity contribution in [3.05, 3.63) is 0 Å². The van der Waals surface area contributed by atoms with E-state index in [0.717, 1.165) is 42.9 Å². The molecule has 0 aromatic rings. The van der Waals surface area contributed by atoms with Crippen LogP contribution in [0, 0.1) is 46.3 Å². The number of hydrogen-bond donors (Lipinski definition) is 1. The highest BCUT2D eigenvalue weighted by Crippen LogP contribution is 2.69. The topological polar surface area (TPSA) is 57.2 Å². The van der Waals surface area contributed by atoms with Gasteiger partial charge in [-0.05, 0) is 105 Å². The van der Waals surface area contributed by atoms with E-state index in [-0.39, 0.29) is 11.5 Å². The molecule has 0 saturated heterocycles. The van der Waals surface area contributed by atoms with Crippen molar-refractivity contribution in [2.24, 2.45) is 46.3 Å². The molecule has 5 heteroatoms. The molecule has 4 saturated carbocycles.